The highest BCUT2D eigenvalue weighted by Crippen LogP contribution is 2.30. The molecule has 5 heteroatoms. The van der Waals surface area contributed by atoms with Crippen LogP contribution in [-0.2, 0) is 6.42 Å². The molecule has 2 nitrogen and oxygen atoms in total. The predicted octanol–water partition coefficient (Wildman–Crippen LogP) is 4.06. The molecule has 1 unspecified atom stereocenters. The van der Waals surface area contributed by atoms with Gasteiger partial charge in [0.05, 0.1) is 10.5 Å². The van der Waals surface area contributed by atoms with Crippen LogP contribution in [0.1, 0.15) is 17.2 Å². The van der Waals surface area contributed by atoms with Crippen LogP contribution in [0, 0.1) is 5.82 Å². The first kappa shape index (κ1) is 15.5. The number of thioether (sulfide) groups is 1. The quantitative estimate of drug-likeness (QED) is 0.483. The van der Waals surface area contributed by atoms with Gasteiger partial charge in [-0.3, -0.25) is 11.3 Å². The molecule has 0 saturated carbocycles. The van der Waals surface area contributed by atoms with E-state index in [1.165, 1.54) is 11.0 Å². The van der Waals surface area contributed by atoms with Crippen LogP contribution in [0.15, 0.2) is 51.8 Å². The van der Waals surface area contributed by atoms with Gasteiger partial charge in [-0.15, -0.1) is 11.8 Å². The third kappa shape index (κ3) is 3.41. The van der Waals surface area contributed by atoms with Crippen molar-refractivity contribution in [2.24, 2.45) is 5.84 Å². The lowest BCUT2D eigenvalue weighted by atomic mass is 9.99. The van der Waals surface area contributed by atoms with Crippen molar-refractivity contribution in [3.8, 4) is 0 Å². The number of rotatable bonds is 5. The van der Waals surface area contributed by atoms with Gasteiger partial charge in [0.15, 0.2) is 0 Å². The summed E-state index contributed by atoms with van der Waals surface area (Å²) in [5, 5.41) is 0. The Labute approximate surface area is 131 Å². The molecule has 2 aromatic rings. The molecule has 106 valence electrons. The molecule has 3 N–H and O–H groups in total. The van der Waals surface area contributed by atoms with Crippen LogP contribution in [0.5, 0.6) is 0 Å². The zero-order chi connectivity index (χ0) is 14.5. The third-order valence-corrected chi connectivity index (χ3v) is 4.87. The first-order valence-electron chi connectivity index (χ1n) is 6.19. The fourth-order valence-electron chi connectivity index (χ4n) is 2.14. The lowest BCUT2D eigenvalue weighted by Gasteiger charge is -2.20. The van der Waals surface area contributed by atoms with Crippen LogP contribution in [0.2, 0.25) is 0 Å². The molecular formula is C15H16BrFN2S. The van der Waals surface area contributed by atoms with Gasteiger partial charge in [-0.2, -0.15) is 0 Å². The summed E-state index contributed by atoms with van der Waals surface area (Å²) in [5.74, 6) is 5.44. The summed E-state index contributed by atoms with van der Waals surface area (Å²) in [6, 6.07) is 13.1. The number of nitrogens with one attached hydrogen (secondary N) is 1. The van der Waals surface area contributed by atoms with E-state index >= 15 is 0 Å². The molecule has 20 heavy (non-hydrogen) atoms. The minimum atomic E-state index is -0.253. The van der Waals surface area contributed by atoms with E-state index in [2.05, 4.69) is 27.4 Å². The second-order valence-electron chi connectivity index (χ2n) is 4.38. The van der Waals surface area contributed by atoms with Crippen LogP contribution >= 0.6 is 27.7 Å². The van der Waals surface area contributed by atoms with Gasteiger partial charge in [-0.1, -0.05) is 30.3 Å². The third-order valence-electron chi connectivity index (χ3n) is 3.17. The highest BCUT2D eigenvalue weighted by atomic mass is 79.9. The SMILES string of the molecule is CSc1ccccc1C(Cc1cccc(F)c1Br)NN. The van der Waals surface area contributed by atoms with Crippen molar-refractivity contribution in [1.82, 2.24) is 5.43 Å². The normalized spacial score (nSPS) is 12.4. The van der Waals surface area contributed by atoms with E-state index in [-0.39, 0.29) is 11.9 Å². The van der Waals surface area contributed by atoms with E-state index in [0.29, 0.717) is 10.9 Å². The molecular weight excluding hydrogens is 339 g/mol. The number of nitrogens with two attached hydrogens (primary N) is 1. The van der Waals surface area contributed by atoms with E-state index < -0.39 is 0 Å². The number of halogens is 2. The Morgan fingerprint density at radius 1 is 1.25 bits per heavy atom. The summed E-state index contributed by atoms with van der Waals surface area (Å²) in [6.45, 7) is 0. The second kappa shape index (κ2) is 7.22. The highest BCUT2D eigenvalue weighted by Gasteiger charge is 2.16. The maximum Gasteiger partial charge on any atom is 0.137 e. The van der Waals surface area contributed by atoms with Gasteiger partial charge < -0.3 is 0 Å². The van der Waals surface area contributed by atoms with Gasteiger partial charge in [-0.05, 0) is 51.9 Å². The monoisotopic (exact) mass is 354 g/mol. The maximum absolute atomic E-state index is 13.6. The van der Waals surface area contributed by atoms with Gasteiger partial charge in [-0.25, -0.2) is 4.39 Å². The molecule has 0 fully saturated rings. The lowest BCUT2D eigenvalue weighted by Crippen LogP contribution is -2.30. The average molecular weight is 355 g/mol. The zero-order valence-corrected chi connectivity index (χ0v) is 13.5. The fourth-order valence-corrected chi connectivity index (χ4v) is 3.23. The van der Waals surface area contributed by atoms with Crippen LogP contribution in [0.3, 0.4) is 0 Å². The molecule has 0 amide bonds. The fraction of sp³-hybridized carbons (Fsp3) is 0.200. The summed E-state index contributed by atoms with van der Waals surface area (Å²) in [5.41, 5.74) is 4.85. The lowest BCUT2D eigenvalue weighted by molar-refractivity contribution is 0.539. The maximum atomic E-state index is 13.6. The molecule has 0 radical (unpaired) electrons. The Morgan fingerprint density at radius 3 is 2.70 bits per heavy atom. The predicted molar refractivity (Wildman–Crippen MR) is 86.1 cm³/mol. The molecule has 0 bridgehead atoms. The Kier molecular flexibility index (Phi) is 5.60. The number of hydrogen-bond acceptors (Lipinski definition) is 3. The molecule has 0 spiro atoms. The minimum Gasteiger partial charge on any atom is -0.271 e. The molecule has 0 aromatic heterocycles. The summed E-state index contributed by atoms with van der Waals surface area (Å²) in [6.07, 6.45) is 2.65. The molecule has 0 heterocycles. The standard InChI is InChI=1S/C15H16BrFN2S/c1-20-14-8-3-2-6-11(14)13(19-18)9-10-5-4-7-12(17)15(10)16/h2-8,13,19H,9,18H2,1H3. The second-order valence-corrected chi connectivity index (χ2v) is 6.02. The van der Waals surface area contributed by atoms with Crippen molar-refractivity contribution < 1.29 is 4.39 Å². The Morgan fingerprint density at radius 2 is 2.00 bits per heavy atom. The van der Waals surface area contributed by atoms with Gasteiger partial charge >= 0.3 is 0 Å². The number of hydrazine groups is 1. The van der Waals surface area contributed by atoms with E-state index in [1.807, 2.05) is 30.5 Å². The summed E-state index contributed by atoms with van der Waals surface area (Å²) >= 11 is 4.97. The van der Waals surface area contributed by atoms with Crippen LogP contribution in [0.4, 0.5) is 4.39 Å². The van der Waals surface area contributed by atoms with E-state index in [9.17, 15) is 4.39 Å². The molecule has 0 aliphatic rings. The Hall–Kier alpha value is -0.880. The molecule has 2 aromatic carbocycles. The molecule has 1 atom stereocenters. The van der Waals surface area contributed by atoms with Crippen molar-refractivity contribution in [2.45, 2.75) is 17.4 Å². The molecule has 0 aliphatic carbocycles. The van der Waals surface area contributed by atoms with Crippen LogP contribution in [-0.4, -0.2) is 6.26 Å². The van der Waals surface area contributed by atoms with E-state index in [1.54, 1.807) is 17.8 Å². The van der Waals surface area contributed by atoms with Gasteiger partial charge in [0.25, 0.3) is 0 Å². The molecule has 2 rings (SSSR count). The van der Waals surface area contributed by atoms with Gasteiger partial charge in [0, 0.05) is 4.90 Å². The average Bonchev–Trinajstić information content (AvgIpc) is 2.49. The minimum absolute atomic E-state index is 0.0586. The topological polar surface area (TPSA) is 38.0 Å². The van der Waals surface area contributed by atoms with Crippen LogP contribution < -0.4 is 11.3 Å². The summed E-state index contributed by atoms with van der Waals surface area (Å²) in [4.78, 5) is 1.17. The Bertz CT molecular complexity index is 592. The van der Waals surface area contributed by atoms with Crippen molar-refractivity contribution in [3.05, 3.63) is 63.9 Å². The van der Waals surface area contributed by atoms with Crippen molar-refractivity contribution in [1.29, 1.82) is 0 Å². The van der Waals surface area contributed by atoms with Crippen LogP contribution in [0.25, 0.3) is 0 Å². The van der Waals surface area contributed by atoms with Crippen molar-refractivity contribution in [3.63, 3.8) is 0 Å². The summed E-state index contributed by atoms with van der Waals surface area (Å²) < 4.78 is 14.1. The smallest absolute Gasteiger partial charge is 0.137 e. The summed E-state index contributed by atoms with van der Waals surface area (Å²) in [7, 11) is 0. The van der Waals surface area contributed by atoms with Gasteiger partial charge in [0.2, 0.25) is 0 Å². The first-order valence-corrected chi connectivity index (χ1v) is 8.21. The molecule has 0 aliphatic heterocycles. The zero-order valence-electron chi connectivity index (χ0n) is 11.1. The first-order chi connectivity index (χ1) is 9.67. The highest BCUT2D eigenvalue weighted by molar-refractivity contribution is 9.10. The number of hydrogen-bond donors (Lipinski definition) is 2. The Balaban J connectivity index is 2.31. The van der Waals surface area contributed by atoms with Crippen molar-refractivity contribution >= 4 is 27.7 Å². The largest absolute Gasteiger partial charge is 0.271 e. The van der Waals surface area contributed by atoms with E-state index in [4.69, 9.17) is 5.84 Å². The molecule has 0 saturated heterocycles. The van der Waals surface area contributed by atoms with Gasteiger partial charge in [0.1, 0.15) is 5.82 Å². The van der Waals surface area contributed by atoms with E-state index in [0.717, 1.165) is 11.1 Å². The number of benzene rings is 2. The van der Waals surface area contributed by atoms with Crippen molar-refractivity contribution in [2.75, 3.05) is 6.26 Å².